The Labute approximate surface area is 126 Å². The molecule has 0 amide bonds. The van der Waals surface area contributed by atoms with Gasteiger partial charge in [-0.25, -0.2) is 9.37 Å². The van der Waals surface area contributed by atoms with Gasteiger partial charge in [-0.3, -0.25) is 4.79 Å². The third-order valence-electron chi connectivity index (χ3n) is 3.22. The number of rotatable bonds is 3. The topological polar surface area (TPSA) is 30.0 Å². The van der Waals surface area contributed by atoms with Gasteiger partial charge in [0.1, 0.15) is 10.8 Å². The zero-order valence-electron chi connectivity index (χ0n) is 11.3. The fraction of sp³-hybridized carbons (Fsp3) is 0.0588. The van der Waals surface area contributed by atoms with Gasteiger partial charge >= 0.3 is 0 Å². The first-order valence-corrected chi connectivity index (χ1v) is 7.65. The number of carbonyl (C=O) groups is 1. The third-order valence-corrected chi connectivity index (χ3v) is 3.92. The van der Waals surface area contributed by atoms with Gasteiger partial charge in [0, 0.05) is 17.0 Å². The number of nitrogens with zero attached hydrogens (tertiary/aromatic N) is 1. The molecule has 3 aromatic rings. The summed E-state index contributed by atoms with van der Waals surface area (Å²) in [4.78, 5) is 17.0. The van der Waals surface area contributed by atoms with Crippen LogP contribution in [0.15, 0.2) is 59.6 Å². The number of fused-ring (bicyclic) bond motifs is 1. The molecule has 0 aliphatic carbocycles. The predicted octanol–water partition coefficient (Wildman–Crippen LogP) is 4.33. The summed E-state index contributed by atoms with van der Waals surface area (Å²) in [5, 5.41) is 1.37. The van der Waals surface area contributed by atoms with Gasteiger partial charge in [0.25, 0.3) is 0 Å². The molecule has 1 heterocycles. The van der Waals surface area contributed by atoms with Gasteiger partial charge in [-0.05, 0) is 24.5 Å². The monoisotopic (exact) mass is 297 g/mol. The van der Waals surface area contributed by atoms with Crippen molar-refractivity contribution in [3.63, 3.8) is 0 Å². The van der Waals surface area contributed by atoms with E-state index in [1.807, 2.05) is 24.5 Å². The van der Waals surface area contributed by atoms with E-state index in [4.69, 9.17) is 0 Å². The standard InChI is InChI=1S/C17H12FNOS/c1-21-17-14(16(20)11-5-3-2-4-6-11)9-12-7-8-13(18)10-15(12)19-17/h2-10H,1H3. The molecule has 0 aliphatic rings. The normalized spacial score (nSPS) is 10.8. The summed E-state index contributed by atoms with van der Waals surface area (Å²) in [6.07, 6.45) is 1.86. The molecule has 2 nitrogen and oxygen atoms in total. The lowest BCUT2D eigenvalue weighted by atomic mass is 10.0. The lowest BCUT2D eigenvalue weighted by Gasteiger charge is -2.08. The Morgan fingerprint density at radius 3 is 2.57 bits per heavy atom. The zero-order chi connectivity index (χ0) is 14.8. The molecule has 0 saturated carbocycles. The number of halogens is 1. The van der Waals surface area contributed by atoms with Gasteiger partial charge in [-0.1, -0.05) is 30.3 Å². The third kappa shape index (κ3) is 2.67. The van der Waals surface area contributed by atoms with E-state index in [-0.39, 0.29) is 11.6 Å². The van der Waals surface area contributed by atoms with E-state index >= 15 is 0 Å². The molecule has 1 aromatic heterocycles. The zero-order valence-corrected chi connectivity index (χ0v) is 12.2. The van der Waals surface area contributed by atoms with Crippen LogP contribution in [0.3, 0.4) is 0 Å². The Morgan fingerprint density at radius 1 is 1.10 bits per heavy atom. The van der Waals surface area contributed by atoms with Gasteiger partial charge in [0.15, 0.2) is 5.78 Å². The van der Waals surface area contributed by atoms with Crippen LogP contribution in [0.25, 0.3) is 10.9 Å². The predicted molar refractivity (Wildman–Crippen MR) is 83.4 cm³/mol. The second kappa shape index (κ2) is 5.66. The van der Waals surface area contributed by atoms with Crippen molar-refractivity contribution in [2.75, 3.05) is 6.26 Å². The fourth-order valence-electron chi connectivity index (χ4n) is 2.19. The number of hydrogen-bond acceptors (Lipinski definition) is 3. The lowest BCUT2D eigenvalue weighted by molar-refractivity contribution is 0.103. The minimum atomic E-state index is -0.329. The van der Waals surface area contributed by atoms with Crippen molar-refractivity contribution in [3.8, 4) is 0 Å². The highest BCUT2D eigenvalue weighted by molar-refractivity contribution is 7.98. The molecule has 4 heteroatoms. The Kier molecular flexibility index (Phi) is 3.71. The van der Waals surface area contributed by atoms with Crippen LogP contribution in [-0.4, -0.2) is 17.0 Å². The van der Waals surface area contributed by atoms with Gasteiger partial charge < -0.3 is 0 Å². The summed E-state index contributed by atoms with van der Waals surface area (Å²) >= 11 is 1.38. The van der Waals surface area contributed by atoms with Crippen LogP contribution >= 0.6 is 11.8 Å². The number of benzene rings is 2. The summed E-state index contributed by atoms with van der Waals surface area (Å²) in [6, 6.07) is 15.3. The molecule has 0 saturated heterocycles. The molecule has 21 heavy (non-hydrogen) atoms. The van der Waals surface area contributed by atoms with E-state index in [0.717, 1.165) is 5.39 Å². The van der Waals surface area contributed by atoms with E-state index < -0.39 is 0 Å². The minimum Gasteiger partial charge on any atom is -0.289 e. The molecule has 0 aliphatic heterocycles. The molecule has 3 rings (SSSR count). The number of ketones is 1. The SMILES string of the molecule is CSc1nc2cc(F)ccc2cc1C(=O)c1ccccc1. The number of carbonyl (C=O) groups excluding carboxylic acids is 1. The molecule has 0 radical (unpaired) electrons. The number of aromatic nitrogens is 1. The van der Waals surface area contributed by atoms with Crippen molar-refractivity contribution in [1.29, 1.82) is 0 Å². The summed E-state index contributed by atoms with van der Waals surface area (Å²) in [5.74, 6) is -0.400. The van der Waals surface area contributed by atoms with Gasteiger partial charge in [0.05, 0.1) is 11.1 Å². The van der Waals surface area contributed by atoms with Crippen LogP contribution in [0.2, 0.25) is 0 Å². The molecule has 0 spiro atoms. The average Bonchev–Trinajstić information content (AvgIpc) is 2.53. The highest BCUT2D eigenvalue weighted by atomic mass is 32.2. The van der Waals surface area contributed by atoms with E-state index in [1.165, 1.54) is 23.9 Å². The Hall–Kier alpha value is -2.20. The quantitative estimate of drug-likeness (QED) is 0.532. The summed E-state index contributed by atoms with van der Waals surface area (Å²) in [5.41, 5.74) is 1.73. The summed E-state index contributed by atoms with van der Waals surface area (Å²) in [6.45, 7) is 0. The van der Waals surface area contributed by atoms with Crippen molar-refractivity contribution in [3.05, 3.63) is 71.5 Å². The van der Waals surface area contributed by atoms with Crippen molar-refractivity contribution in [2.45, 2.75) is 5.03 Å². The van der Waals surface area contributed by atoms with E-state index in [0.29, 0.717) is 21.7 Å². The average molecular weight is 297 g/mol. The van der Waals surface area contributed by atoms with Crippen LogP contribution in [0, 0.1) is 5.82 Å². The maximum absolute atomic E-state index is 13.3. The molecule has 2 aromatic carbocycles. The summed E-state index contributed by atoms with van der Waals surface area (Å²) in [7, 11) is 0. The second-order valence-corrected chi connectivity index (χ2v) is 5.37. The van der Waals surface area contributed by atoms with Crippen LogP contribution in [0.4, 0.5) is 4.39 Å². The van der Waals surface area contributed by atoms with Crippen LogP contribution in [-0.2, 0) is 0 Å². The summed E-state index contributed by atoms with van der Waals surface area (Å²) < 4.78 is 13.3. The molecule has 0 N–H and O–H groups in total. The molecule has 104 valence electrons. The maximum Gasteiger partial charge on any atom is 0.195 e. The number of pyridine rings is 1. The number of thioether (sulfide) groups is 1. The molecule has 0 unspecified atom stereocenters. The van der Waals surface area contributed by atoms with E-state index in [9.17, 15) is 9.18 Å². The fourth-order valence-corrected chi connectivity index (χ4v) is 2.75. The lowest BCUT2D eigenvalue weighted by Crippen LogP contribution is -2.04. The van der Waals surface area contributed by atoms with E-state index in [1.54, 1.807) is 24.3 Å². The Bertz CT molecular complexity index is 818. The van der Waals surface area contributed by atoms with Crippen LogP contribution in [0.1, 0.15) is 15.9 Å². The van der Waals surface area contributed by atoms with Gasteiger partial charge in [0.2, 0.25) is 0 Å². The maximum atomic E-state index is 13.3. The first-order valence-electron chi connectivity index (χ1n) is 6.43. The van der Waals surface area contributed by atoms with Gasteiger partial charge in [-0.2, -0.15) is 0 Å². The molecule has 0 fully saturated rings. The van der Waals surface area contributed by atoms with Crippen molar-refractivity contribution < 1.29 is 9.18 Å². The molecule has 0 atom stereocenters. The second-order valence-electron chi connectivity index (χ2n) is 4.58. The molecular formula is C17H12FNOS. The van der Waals surface area contributed by atoms with Crippen molar-refractivity contribution >= 4 is 28.4 Å². The highest BCUT2D eigenvalue weighted by Gasteiger charge is 2.15. The van der Waals surface area contributed by atoms with Gasteiger partial charge in [-0.15, -0.1) is 11.8 Å². The Morgan fingerprint density at radius 2 is 1.86 bits per heavy atom. The molecular weight excluding hydrogens is 285 g/mol. The smallest absolute Gasteiger partial charge is 0.195 e. The highest BCUT2D eigenvalue weighted by Crippen LogP contribution is 2.26. The Balaban J connectivity index is 2.17. The van der Waals surface area contributed by atoms with Crippen molar-refractivity contribution in [1.82, 2.24) is 4.98 Å². The molecule has 0 bridgehead atoms. The van der Waals surface area contributed by atoms with Crippen molar-refractivity contribution in [2.24, 2.45) is 0 Å². The van der Waals surface area contributed by atoms with E-state index in [2.05, 4.69) is 4.98 Å². The largest absolute Gasteiger partial charge is 0.289 e. The van der Waals surface area contributed by atoms with Crippen LogP contribution in [0.5, 0.6) is 0 Å². The number of hydrogen-bond donors (Lipinski definition) is 0. The minimum absolute atomic E-state index is 0.0707. The first kappa shape index (κ1) is 13.8. The first-order chi connectivity index (χ1) is 10.2. The van der Waals surface area contributed by atoms with Crippen LogP contribution < -0.4 is 0 Å².